The molecule has 86 valence electrons. The number of aryl methyl sites for hydroxylation is 1. The fourth-order valence-corrected chi connectivity index (χ4v) is 2.58. The molecule has 1 heterocycles. The zero-order valence-electron chi connectivity index (χ0n) is 9.27. The van der Waals surface area contributed by atoms with Crippen molar-refractivity contribution in [3.8, 4) is 6.07 Å². The molecule has 1 atom stereocenters. The van der Waals surface area contributed by atoms with Gasteiger partial charge in [-0.3, -0.25) is 0 Å². The van der Waals surface area contributed by atoms with Crippen molar-refractivity contribution >= 4 is 28.6 Å². The van der Waals surface area contributed by atoms with Gasteiger partial charge in [0, 0.05) is 20.5 Å². The maximum Gasteiger partial charge on any atom is 0.149 e. The topological polar surface area (TPSA) is 35.8 Å². The van der Waals surface area contributed by atoms with Gasteiger partial charge in [0.25, 0.3) is 0 Å². The Balaban J connectivity index is 2.19. The fraction of sp³-hybridized carbons (Fsp3) is 0.154. The Morgan fingerprint density at radius 3 is 2.76 bits per heavy atom. The maximum atomic E-state index is 9.18. The predicted molar refractivity (Wildman–Crippen MR) is 72.5 cm³/mol. The first-order chi connectivity index (χ1) is 8.19. The molecule has 0 radical (unpaired) electrons. The van der Waals surface area contributed by atoms with Crippen molar-refractivity contribution in [3.63, 3.8) is 0 Å². The number of halogens is 1. The summed E-state index contributed by atoms with van der Waals surface area (Å²) in [6.45, 7) is 2.03. The molecule has 0 aliphatic heterocycles. The number of nitrogens with one attached hydrogen (secondary N) is 1. The molecule has 2 rings (SSSR count). The molecule has 0 aliphatic carbocycles. The zero-order valence-corrected chi connectivity index (χ0v) is 10.8. The smallest absolute Gasteiger partial charge is 0.149 e. The van der Waals surface area contributed by atoms with Crippen LogP contribution in [-0.4, -0.2) is 0 Å². The van der Waals surface area contributed by atoms with Crippen LogP contribution in [0.15, 0.2) is 36.4 Å². The number of hydrogen-bond donors (Lipinski definition) is 1. The molecule has 1 aromatic carbocycles. The molecule has 1 unspecified atom stereocenters. The van der Waals surface area contributed by atoms with E-state index in [4.69, 9.17) is 11.6 Å². The van der Waals surface area contributed by atoms with Crippen molar-refractivity contribution in [2.24, 2.45) is 0 Å². The van der Waals surface area contributed by atoms with Gasteiger partial charge in [-0.05, 0) is 37.3 Å². The lowest BCUT2D eigenvalue weighted by Crippen LogP contribution is -2.06. The third-order valence-electron chi connectivity index (χ3n) is 2.31. The molecule has 2 nitrogen and oxygen atoms in total. The van der Waals surface area contributed by atoms with Gasteiger partial charge in [-0.1, -0.05) is 17.7 Å². The summed E-state index contributed by atoms with van der Waals surface area (Å²) in [5, 5.41) is 13.0. The van der Waals surface area contributed by atoms with E-state index in [-0.39, 0.29) is 6.04 Å². The second-order valence-corrected chi connectivity index (χ2v) is 5.42. The Morgan fingerprint density at radius 1 is 1.35 bits per heavy atom. The normalized spacial score (nSPS) is 11.8. The van der Waals surface area contributed by atoms with E-state index >= 15 is 0 Å². The highest BCUT2D eigenvalue weighted by molar-refractivity contribution is 7.12. The molecule has 4 heteroatoms. The average molecular weight is 263 g/mol. The van der Waals surface area contributed by atoms with Crippen LogP contribution in [0.1, 0.15) is 15.8 Å². The minimum Gasteiger partial charge on any atom is -0.365 e. The Labute approximate surface area is 109 Å². The lowest BCUT2D eigenvalue weighted by molar-refractivity contribution is 1.03. The first-order valence-corrected chi connectivity index (χ1v) is 6.36. The van der Waals surface area contributed by atoms with E-state index in [2.05, 4.69) is 11.4 Å². The third kappa shape index (κ3) is 3.00. The molecule has 0 saturated heterocycles. The van der Waals surface area contributed by atoms with Crippen molar-refractivity contribution < 1.29 is 0 Å². The second kappa shape index (κ2) is 5.22. The highest BCUT2D eigenvalue weighted by atomic mass is 35.5. The van der Waals surface area contributed by atoms with Gasteiger partial charge in [0.05, 0.1) is 6.07 Å². The van der Waals surface area contributed by atoms with E-state index in [1.807, 2.05) is 43.3 Å². The van der Waals surface area contributed by atoms with Crippen molar-refractivity contribution in [2.45, 2.75) is 13.0 Å². The van der Waals surface area contributed by atoms with Crippen LogP contribution in [0, 0.1) is 18.3 Å². The predicted octanol–water partition coefficient (Wildman–Crippen LogP) is 4.39. The second-order valence-electron chi connectivity index (χ2n) is 3.67. The Morgan fingerprint density at radius 2 is 2.18 bits per heavy atom. The number of nitriles is 1. The highest BCUT2D eigenvalue weighted by Gasteiger charge is 2.12. The summed E-state index contributed by atoms with van der Waals surface area (Å²) >= 11 is 7.53. The largest absolute Gasteiger partial charge is 0.365 e. The van der Waals surface area contributed by atoms with Gasteiger partial charge >= 0.3 is 0 Å². The van der Waals surface area contributed by atoms with E-state index in [0.29, 0.717) is 5.02 Å². The van der Waals surface area contributed by atoms with Crippen molar-refractivity contribution in [1.82, 2.24) is 0 Å². The number of benzene rings is 1. The zero-order chi connectivity index (χ0) is 12.3. The first kappa shape index (κ1) is 12.0. The molecular weight excluding hydrogens is 252 g/mol. The Kier molecular flexibility index (Phi) is 3.68. The van der Waals surface area contributed by atoms with Crippen LogP contribution in [0.3, 0.4) is 0 Å². The molecule has 1 aromatic heterocycles. The van der Waals surface area contributed by atoms with Gasteiger partial charge in [0.15, 0.2) is 0 Å². The molecule has 0 saturated carbocycles. The minimum atomic E-state index is -0.327. The van der Waals surface area contributed by atoms with Crippen LogP contribution in [0.25, 0.3) is 0 Å². The third-order valence-corrected chi connectivity index (χ3v) is 3.61. The minimum absolute atomic E-state index is 0.327. The monoisotopic (exact) mass is 262 g/mol. The summed E-state index contributed by atoms with van der Waals surface area (Å²) in [5.74, 6) is 0. The van der Waals surface area contributed by atoms with E-state index in [9.17, 15) is 5.26 Å². The van der Waals surface area contributed by atoms with Crippen molar-refractivity contribution in [2.75, 3.05) is 5.32 Å². The summed E-state index contributed by atoms with van der Waals surface area (Å²) in [7, 11) is 0. The lowest BCUT2D eigenvalue weighted by Gasteiger charge is -2.11. The van der Waals surface area contributed by atoms with Gasteiger partial charge in [-0.15, -0.1) is 11.3 Å². The number of thiophene rings is 1. The van der Waals surface area contributed by atoms with Gasteiger partial charge in [-0.2, -0.15) is 5.26 Å². The van der Waals surface area contributed by atoms with Crippen molar-refractivity contribution in [1.29, 1.82) is 5.26 Å². The van der Waals surface area contributed by atoms with Crippen molar-refractivity contribution in [3.05, 3.63) is 51.2 Å². The molecule has 0 aliphatic rings. The van der Waals surface area contributed by atoms with Gasteiger partial charge in [0.2, 0.25) is 0 Å². The standard InChI is InChI=1S/C13H11ClN2S/c1-9-5-6-13(17-9)12(8-15)16-11-4-2-3-10(14)7-11/h2-7,12,16H,1H3. The molecular formula is C13H11ClN2S. The highest BCUT2D eigenvalue weighted by Crippen LogP contribution is 2.26. The Hall–Kier alpha value is -1.50. The average Bonchev–Trinajstić information content (AvgIpc) is 2.73. The molecule has 0 fully saturated rings. The lowest BCUT2D eigenvalue weighted by atomic mass is 10.2. The number of hydrogen-bond acceptors (Lipinski definition) is 3. The summed E-state index contributed by atoms with van der Waals surface area (Å²) in [4.78, 5) is 2.22. The van der Waals surface area contributed by atoms with E-state index in [1.54, 1.807) is 11.3 Å². The van der Waals surface area contributed by atoms with E-state index < -0.39 is 0 Å². The fourth-order valence-electron chi connectivity index (χ4n) is 1.52. The summed E-state index contributed by atoms with van der Waals surface area (Å²) < 4.78 is 0. The van der Waals surface area contributed by atoms with E-state index in [1.165, 1.54) is 4.88 Å². The number of nitrogens with zero attached hydrogens (tertiary/aromatic N) is 1. The SMILES string of the molecule is Cc1ccc(C(C#N)Nc2cccc(Cl)c2)s1. The van der Waals surface area contributed by atoms with Gasteiger partial charge in [0.1, 0.15) is 6.04 Å². The van der Waals surface area contributed by atoms with Crippen LogP contribution in [0.2, 0.25) is 5.02 Å². The first-order valence-electron chi connectivity index (χ1n) is 5.17. The van der Waals surface area contributed by atoms with Crippen LogP contribution < -0.4 is 5.32 Å². The van der Waals surface area contributed by atoms with Crippen LogP contribution in [0.4, 0.5) is 5.69 Å². The molecule has 2 aromatic rings. The summed E-state index contributed by atoms with van der Waals surface area (Å²) in [5.41, 5.74) is 0.857. The maximum absolute atomic E-state index is 9.18. The summed E-state index contributed by atoms with van der Waals surface area (Å²) in [6.07, 6.45) is 0. The van der Waals surface area contributed by atoms with Gasteiger partial charge in [-0.25, -0.2) is 0 Å². The number of rotatable bonds is 3. The molecule has 0 amide bonds. The number of anilines is 1. The Bertz CT molecular complexity index is 557. The summed E-state index contributed by atoms with van der Waals surface area (Å²) in [6, 6.07) is 13.3. The molecule has 17 heavy (non-hydrogen) atoms. The van der Waals surface area contributed by atoms with Crippen LogP contribution in [0.5, 0.6) is 0 Å². The van der Waals surface area contributed by atoms with Crippen LogP contribution >= 0.6 is 22.9 Å². The molecule has 0 spiro atoms. The van der Waals surface area contributed by atoms with Gasteiger partial charge < -0.3 is 5.32 Å². The van der Waals surface area contributed by atoms with Crippen LogP contribution in [-0.2, 0) is 0 Å². The molecule has 1 N–H and O–H groups in total. The quantitative estimate of drug-likeness (QED) is 0.891. The van der Waals surface area contributed by atoms with E-state index in [0.717, 1.165) is 10.6 Å². The molecule has 0 bridgehead atoms.